The monoisotopic (exact) mass is 262 g/mol. The molecule has 2 rings (SSSR count). The van der Waals surface area contributed by atoms with E-state index >= 15 is 0 Å². The molecular formula is C15H19FN2O. The van der Waals surface area contributed by atoms with Crippen LogP contribution in [0.5, 0.6) is 0 Å². The van der Waals surface area contributed by atoms with Gasteiger partial charge in [-0.2, -0.15) is 0 Å². The summed E-state index contributed by atoms with van der Waals surface area (Å²) in [6, 6.07) is 6.29. The van der Waals surface area contributed by atoms with E-state index in [1.807, 2.05) is 36.9 Å². The highest BCUT2D eigenvalue weighted by Crippen LogP contribution is 2.21. The molecule has 0 saturated carbocycles. The van der Waals surface area contributed by atoms with Crippen molar-refractivity contribution in [2.45, 2.75) is 33.0 Å². The minimum Gasteiger partial charge on any atom is -0.360 e. The maximum atomic E-state index is 12.9. The maximum Gasteiger partial charge on any atom is 0.253 e. The Morgan fingerprint density at radius 2 is 1.89 bits per heavy atom. The maximum absolute atomic E-state index is 12.9. The van der Waals surface area contributed by atoms with Gasteiger partial charge in [0.1, 0.15) is 12.0 Å². The lowest BCUT2D eigenvalue weighted by molar-refractivity contribution is -0.134. The van der Waals surface area contributed by atoms with Crippen molar-refractivity contribution in [1.29, 1.82) is 0 Å². The van der Waals surface area contributed by atoms with Crippen molar-refractivity contribution in [3.05, 3.63) is 47.4 Å². The van der Waals surface area contributed by atoms with Crippen molar-refractivity contribution in [3.63, 3.8) is 0 Å². The summed E-state index contributed by atoms with van der Waals surface area (Å²) in [5.41, 5.74) is 1.75. The first kappa shape index (κ1) is 13.6. The van der Waals surface area contributed by atoms with Gasteiger partial charge in [-0.15, -0.1) is 0 Å². The average Bonchev–Trinajstić information content (AvgIpc) is 2.41. The minimum absolute atomic E-state index is 0.00727. The first-order chi connectivity index (χ1) is 9.02. The van der Waals surface area contributed by atoms with Crippen LogP contribution >= 0.6 is 0 Å². The summed E-state index contributed by atoms with van der Waals surface area (Å²) in [6.07, 6.45) is 2.64. The molecule has 1 aliphatic rings. The molecule has 1 amide bonds. The number of hydrogen-bond donors (Lipinski definition) is 0. The molecule has 102 valence electrons. The van der Waals surface area contributed by atoms with Gasteiger partial charge in [-0.05, 0) is 31.0 Å². The number of rotatable bonds is 3. The van der Waals surface area contributed by atoms with Crippen molar-refractivity contribution in [1.82, 2.24) is 9.80 Å². The summed E-state index contributed by atoms with van der Waals surface area (Å²) in [5.74, 6) is -0.189. The largest absolute Gasteiger partial charge is 0.360 e. The normalized spacial score (nSPS) is 19.7. The molecule has 0 N–H and O–H groups in total. The van der Waals surface area contributed by atoms with Gasteiger partial charge in [-0.1, -0.05) is 19.1 Å². The third-order valence-corrected chi connectivity index (χ3v) is 3.58. The molecule has 1 aliphatic heterocycles. The van der Waals surface area contributed by atoms with Crippen molar-refractivity contribution in [2.75, 3.05) is 7.05 Å². The van der Waals surface area contributed by atoms with Gasteiger partial charge in [0.25, 0.3) is 5.91 Å². The smallest absolute Gasteiger partial charge is 0.253 e. The van der Waals surface area contributed by atoms with Gasteiger partial charge >= 0.3 is 0 Å². The molecule has 1 heterocycles. The summed E-state index contributed by atoms with van der Waals surface area (Å²) in [6.45, 7) is 4.47. The van der Waals surface area contributed by atoms with E-state index in [2.05, 4.69) is 0 Å². The zero-order valence-electron chi connectivity index (χ0n) is 11.6. The molecule has 0 saturated heterocycles. The molecule has 3 nitrogen and oxygen atoms in total. The topological polar surface area (TPSA) is 23.6 Å². The van der Waals surface area contributed by atoms with E-state index in [0.717, 1.165) is 17.6 Å². The fourth-order valence-corrected chi connectivity index (χ4v) is 2.22. The van der Waals surface area contributed by atoms with Crippen LogP contribution in [0.25, 0.3) is 0 Å². The lowest BCUT2D eigenvalue weighted by Crippen LogP contribution is -2.49. The number of carbonyl (C=O) groups excluding carboxylic acids is 1. The molecule has 0 fully saturated rings. The summed E-state index contributed by atoms with van der Waals surface area (Å²) < 4.78 is 12.9. The number of nitrogens with zero attached hydrogens (tertiary/aromatic N) is 2. The van der Waals surface area contributed by atoms with Gasteiger partial charge in [0.2, 0.25) is 0 Å². The van der Waals surface area contributed by atoms with Crippen molar-refractivity contribution in [3.8, 4) is 0 Å². The van der Waals surface area contributed by atoms with E-state index in [1.165, 1.54) is 12.1 Å². The summed E-state index contributed by atoms with van der Waals surface area (Å²) >= 11 is 0. The zero-order valence-corrected chi connectivity index (χ0v) is 11.6. The van der Waals surface area contributed by atoms with Gasteiger partial charge in [0, 0.05) is 25.4 Å². The predicted molar refractivity (Wildman–Crippen MR) is 72.5 cm³/mol. The Balaban J connectivity index is 2.21. The van der Waals surface area contributed by atoms with E-state index in [-0.39, 0.29) is 17.9 Å². The Bertz CT molecular complexity index is 495. The van der Waals surface area contributed by atoms with Crippen molar-refractivity contribution in [2.24, 2.45) is 0 Å². The fraction of sp³-hybridized carbons (Fsp3) is 0.400. The Kier molecular flexibility index (Phi) is 3.88. The average molecular weight is 262 g/mol. The molecule has 0 bridgehead atoms. The first-order valence-corrected chi connectivity index (χ1v) is 6.51. The molecule has 0 aromatic heterocycles. The molecule has 0 aliphatic carbocycles. The van der Waals surface area contributed by atoms with E-state index in [0.29, 0.717) is 6.54 Å². The number of hydrogen-bond acceptors (Lipinski definition) is 2. The van der Waals surface area contributed by atoms with E-state index in [1.54, 1.807) is 12.1 Å². The zero-order chi connectivity index (χ0) is 14.0. The van der Waals surface area contributed by atoms with Crippen LogP contribution in [0, 0.1) is 5.82 Å². The standard InChI is InChI=1S/C15H19FN2O/c1-4-13-10-17(3)11(2)18(15(13)19)9-12-5-7-14(16)8-6-12/h5-8,10-11H,4,9H2,1-3H3. The minimum atomic E-state index is -0.256. The Hall–Kier alpha value is -1.84. The Labute approximate surface area is 113 Å². The molecule has 1 unspecified atom stereocenters. The first-order valence-electron chi connectivity index (χ1n) is 6.51. The SMILES string of the molecule is CCC1=CN(C)C(C)N(Cc2ccc(F)cc2)C1=O. The van der Waals surface area contributed by atoms with E-state index in [4.69, 9.17) is 0 Å². The van der Waals surface area contributed by atoms with Gasteiger partial charge in [-0.25, -0.2) is 4.39 Å². The molecular weight excluding hydrogens is 243 g/mol. The van der Waals surface area contributed by atoms with Gasteiger partial charge in [-0.3, -0.25) is 4.79 Å². The second kappa shape index (κ2) is 5.43. The Morgan fingerprint density at radius 1 is 1.26 bits per heavy atom. The lowest BCUT2D eigenvalue weighted by atomic mass is 10.1. The highest BCUT2D eigenvalue weighted by Gasteiger charge is 2.29. The third kappa shape index (κ3) is 2.78. The van der Waals surface area contributed by atoms with Crippen LogP contribution in [0.1, 0.15) is 25.8 Å². The van der Waals surface area contributed by atoms with Gasteiger partial charge in [0.05, 0.1) is 0 Å². The molecule has 1 aromatic rings. The number of halogens is 1. The third-order valence-electron chi connectivity index (χ3n) is 3.58. The van der Waals surface area contributed by atoms with Crippen LogP contribution in [0.2, 0.25) is 0 Å². The summed E-state index contributed by atoms with van der Waals surface area (Å²) in [7, 11) is 1.96. The molecule has 1 atom stereocenters. The quantitative estimate of drug-likeness (QED) is 0.836. The van der Waals surface area contributed by atoms with Crippen LogP contribution in [0.15, 0.2) is 36.0 Å². The van der Waals surface area contributed by atoms with Crippen molar-refractivity contribution >= 4 is 5.91 Å². The number of amides is 1. The highest BCUT2D eigenvalue weighted by molar-refractivity contribution is 5.94. The van der Waals surface area contributed by atoms with E-state index in [9.17, 15) is 9.18 Å². The predicted octanol–water partition coefficient (Wildman–Crippen LogP) is 2.74. The molecule has 0 spiro atoms. The van der Waals surface area contributed by atoms with Crippen LogP contribution in [0.3, 0.4) is 0 Å². The second-order valence-corrected chi connectivity index (χ2v) is 4.86. The second-order valence-electron chi connectivity index (χ2n) is 4.86. The van der Waals surface area contributed by atoms with Crippen LogP contribution in [0.4, 0.5) is 4.39 Å². The van der Waals surface area contributed by atoms with Crippen LogP contribution in [-0.4, -0.2) is 28.9 Å². The number of carbonyl (C=O) groups is 1. The molecule has 0 radical (unpaired) electrons. The van der Waals surface area contributed by atoms with Crippen LogP contribution < -0.4 is 0 Å². The summed E-state index contributed by atoms with van der Waals surface area (Å²) in [5, 5.41) is 0. The van der Waals surface area contributed by atoms with Gasteiger partial charge in [0.15, 0.2) is 0 Å². The van der Waals surface area contributed by atoms with Crippen LogP contribution in [-0.2, 0) is 11.3 Å². The molecule has 1 aromatic carbocycles. The number of benzene rings is 1. The lowest BCUT2D eigenvalue weighted by Gasteiger charge is -2.39. The summed E-state index contributed by atoms with van der Waals surface area (Å²) in [4.78, 5) is 16.2. The fourth-order valence-electron chi connectivity index (χ4n) is 2.22. The van der Waals surface area contributed by atoms with Crippen molar-refractivity contribution < 1.29 is 9.18 Å². The van der Waals surface area contributed by atoms with Gasteiger partial charge < -0.3 is 9.80 Å². The Morgan fingerprint density at radius 3 is 2.47 bits per heavy atom. The molecule has 19 heavy (non-hydrogen) atoms. The van der Waals surface area contributed by atoms with E-state index < -0.39 is 0 Å². The molecule has 4 heteroatoms. The highest BCUT2D eigenvalue weighted by atomic mass is 19.1.